The van der Waals surface area contributed by atoms with E-state index >= 15 is 0 Å². The summed E-state index contributed by atoms with van der Waals surface area (Å²) in [6.07, 6.45) is 6.02. The molecule has 0 amide bonds. The van der Waals surface area contributed by atoms with Gasteiger partial charge in [0.1, 0.15) is 5.78 Å². The maximum atomic E-state index is 11.6. The molecule has 0 N–H and O–H groups in total. The molecule has 0 bridgehead atoms. The second-order valence-corrected chi connectivity index (χ2v) is 4.27. The van der Waals surface area contributed by atoms with Crippen LogP contribution in [0.4, 0.5) is 0 Å². The van der Waals surface area contributed by atoms with Gasteiger partial charge in [-0.3, -0.25) is 4.79 Å². The Labute approximate surface area is 84.8 Å². The Balaban J connectivity index is 1.66. The van der Waals surface area contributed by atoms with Gasteiger partial charge in [0.05, 0.1) is 19.6 Å². The Morgan fingerprint density at radius 3 is 2.36 bits per heavy atom. The van der Waals surface area contributed by atoms with E-state index in [1.165, 1.54) is 25.7 Å². The van der Waals surface area contributed by atoms with E-state index < -0.39 is 0 Å². The van der Waals surface area contributed by atoms with Crippen LogP contribution in [0.1, 0.15) is 38.5 Å². The summed E-state index contributed by atoms with van der Waals surface area (Å²) in [7, 11) is 0. The first-order valence-corrected chi connectivity index (χ1v) is 5.59. The molecule has 0 aromatic rings. The highest BCUT2D eigenvalue weighted by atomic mass is 16.7. The van der Waals surface area contributed by atoms with Crippen molar-refractivity contribution in [2.45, 2.75) is 44.8 Å². The maximum Gasteiger partial charge on any atom is 0.164 e. The van der Waals surface area contributed by atoms with Gasteiger partial charge in [-0.05, 0) is 5.92 Å². The van der Waals surface area contributed by atoms with E-state index in [0.29, 0.717) is 31.3 Å². The molecule has 0 aromatic heterocycles. The minimum Gasteiger partial charge on any atom is -0.350 e. The van der Waals surface area contributed by atoms with E-state index in [9.17, 15) is 4.79 Å². The Bertz CT molecular complexity index is 171. The van der Waals surface area contributed by atoms with Crippen LogP contribution in [0.25, 0.3) is 0 Å². The highest BCUT2D eigenvalue weighted by Gasteiger charge is 2.23. The number of rotatable bonds is 4. The summed E-state index contributed by atoms with van der Waals surface area (Å²) in [6.45, 7) is 1.28. The zero-order valence-electron chi connectivity index (χ0n) is 8.54. The van der Waals surface area contributed by atoms with Crippen molar-refractivity contribution in [2.75, 3.05) is 13.2 Å². The summed E-state index contributed by atoms with van der Waals surface area (Å²) in [5.74, 6) is 0.952. The third kappa shape index (κ3) is 2.79. The average molecular weight is 198 g/mol. The van der Waals surface area contributed by atoms with Crippen molar-refractivity contribution in [1.82, 2.24) is 0 Å². The van der Waals surface area contributed by atoms with Crippen LogP contribution in [-0.4, -0.2) is 25.3 Å². The number of carbonyl (C=O) groups excluding carboxylic acids is 1. The molecule has 2 aliphatic rings. The first-order chi connectivity index (χ1) is 6.84. The highest BCUT2D eigenvalue weighted by Crippen LogP contribution is 2.28. The monoisotopic (exact) mass is 198 g/mol. The summed E-state index contributed by atoms with van der Waals surface area (Å²) in [6, 6.07) is 0. The molecule has 14 heavy (non-hydrogen) atoms. The smallest absolute Gasteiger partial charge is 0.164 e. The molecule has 0 unspecified atom stereocenters. The zero-order valence-corrected chi connectivity index (χ0v) is 8.54. The molecular formula is C11H18O3. The SMILES string of the molecule is O=C(CC1CCCC1)CC1OCCO1. The molecule has 2 rings (SSSR count). The fourth-order valence-corrected chi connectivity index (χ4v) is 2.33. The molecule has 0 atom stereocenters. The second kappa shape index (κ2) is 4.89. The van der Waals surface area contributed by atoms with Gasteiger partial charge in [0.2, 0.25) is 0 Å². The van der Waals surface area contributed by atoms with Crippen LogP contribution in [0.3, 0.4) is 0 Å². The third-order valence-electron chi connectivity index (χ3n) is 3.08. The Hall–Kier alpha value is -0.410. The van der Waals surface area contributed by atoms with E-state index in [4.69, 9.17) is 9.47 Å². The molecule has 3 nitrogen and oxygen atoms in total. The summed E-state index contributed by atoms with van der Waals surface area (Å²) in [5, 5.41) is 0. The number of Topliss-reactive ketones (excluding diaryl/α,β-unsaturated/α-hetero) is 1. The topological polar surface area (TPSA) is 35.5 Å². The zero-order chi connectivity index (χ0) is 9.80. The van der Waals surface area contributed by atoms with E-state index in [0.717, 1.165) is 6.42 Å². The van der Waals surface area contributed by atoms with E-state index in [2.05, 4.69) is 0 Å². The van der Waals surface area contributed by atoms with Crippen molar-refractivity contribution < 1.29 is 14.3 Å². The Kier molecular flexibility index (Phi) is 3.54. The molecule has 0 aromatic carbocycles. The summed E-state index contributed by atoms with van der Waals surface area (Å²) >= 11 is 0. The number of ketones is 1. The standard InChI is InChI=1S/C11H18O3/c12-10(7-9-3-1-2-4-9)8-11-13-5-6-14-11/h9,11H,1-8H2. The van der Waals surface area contributed by atoms with Crippen molar-refractivity contribution in [3.63, 3.8) is 0 Å². The van der Waals surface area contributed by atoms with Gasteiger partial charge in [0.15, 0.2) is 6.29 Å². The molecule has 1 heterocycles. The van der Waals surface area contributed by atoms with Crippen LogP contribution in [-0.2, 0) is 14.3 Å². The molecular weight excluding hydrogens is 180 g/mol. The first-order valence-electron chi connectivity index (χ1n) is 5.59. The van der Waals surface area contributed by atoms with Crippen molar-refractivity contribution in [3.05, 3.63) is 0 Å². The van der Waals surface area contributed by atoms with E-state index in [1.54, 1.807) is 0 Å². The molecule has 3 heteroatoms. The highest BCUT2D eigenvalue weighted by molar-refractivity contribution is 5.79. The van der Waals surface area contributed by atoms with Gasteiger partial charge in [-0.2, -0.15) is 0 Å². The van der Waals surface area contributed by atoms with Crippen molar-refractivity contribution in [1.29, 1.82) is 0 Å². The molecule has 0 spiro atoms. The van der Waals surface area contributed by atoms with Crippen LogP contribution in [0.2, 0.25) is 0 Å². The van der Waals surface area contributed by atoms with Crippen LogP contribution in [0.15, 0.2) is 0 Å². The average Bonchev–Trinajstić information content (AvgIpc) is 2.76. The van der Waals surface area contributed by atoms with Gasteiger partial charge in [-0.15, -0.1) is 0 Å². The van der Waals surface area contributed by atoms with Gasteiger partial charge in [0, 0.05) is 6.42 Å². The Morgan fingerprint density at radius 1 is 1.07 bits per heavy atom. The van der Waals surface area contributed by atoms with Crippen LogP contribution < -0.4 is 0 Å². The Morgan fingerprint density at radius 2 is 1.71 bits per heavy atom. The molecule has 1 aliphatic heterocycles. The molecule has 1 saturated heterocycles. The van der Waals surface area contributed by atoms with Gasteiger partial charge in [0.25, 0.3) is 0 Å². The van der Waals surface area contributed by atoms with Crippen LogP contribution >= 0.6 is 0 Å². The fraction of sp³-hybridized carbons (Fsp3) is 0.909. The van der Waals surface area contributed by atoms with E-state index in [1.807, 2.05) is 0 Å². The molecule has 80 valence electrons. The number of hydrogen-bond donors (Lipinski definition) is 0. The molecule has 1 saturated carbocycles. The predicted octanol–water partition coefficient (Wildman–Crippen LogP) is 1.90. The van der Waals surface area contributed by atoms with Crippen molar-refractivity contribution in [2.24, 2.45) is 5.92 Å². The minimum atomic E-state index is -0.246. The lowest BCUT2D eigenvalue weighted by Gasteiger charge is -2.10. The summed E-state index contributed by atoms with van der Waals surface area (Å²) in [5.41, 5.74) is 0. The largest absolute Gasteiger partial charge is 0.350 e. The number of ether oxygens (including phenoxy) is 2. The quantitative estimate of drug-likeness (QED) is 0.692. The van der Waals surface area contributed by atoms with Gasteiger partial charge < -0.3 is 9.47 Å². The second-order valence-electron chi connectivity index (χ2n) is 4.27. The van der Waals surface area contributed by atoms with Gasteiger partial charge in [-0.1, -0.05) is 25.7 Å². The van der Waals surface area contributed by atoms with Crippen molar-refractivity contribution in [3.8, 4) is 0 Å². The predicted molar refractivity (Wildman–Crippen MR) is 51.9 cm³/mol. The number of carbonyl (C=O) groups is 1. The maximum absolute atomic E-state index is 11.6. The van der Waals surface area contributed by atoms with Crippen molar-refractivity contribution >= 4 is 5.78 Å². The summed E-state index contributed by atoms with van der Waals surface area (Å²) in [4.78, 5) is 11.6. The molecule has 2 fully saturated rings. The molecule has 0 radical (unpaired) electrons. The van der Waals surface area contributed by atoms with Gasteiger partial charge >= 0.3 is 0 Å². The lowest BCUT2D eigenvalue weighted by molar-refractivity contribution is -0.128. The summed E-state index contributed by atoms with van der Waals surface area (Å²) < 4.78 is 10.5. The fourth-order valence-electron chi connectivity index (χ4n) is 2.33. The van der Waals surface area contributed by atoms with E-state index in [-0.39, 0.29) is 6.29 Å². The first kappa shape index (κ1) is 10.1. The lowest BCUT2D eigenvalue weighted by atomic mass is 9.99. The van der Waals surface area contributed by atoms with Crippen LogP contribution in [0.5, 0.6) is 0 Å². The lowest BCUT2D eigenvalue weighted by Crippen LogP contribution is -2.16. The molecule has 1 aliphatic carbocycles. The van der Waals surface area contributed by atoms with Crippen LogP contribution in [0, 0.1) is 5.92 Å². The minimum absolute atomic E-state index is 0.246. The third-order valence-corrected chi connectivity index (χ3v) is 3.08. The number of hydrogen-bond acceptors (Lipinski definition) is 3. The normalized spacial score (nSPS) is 24.6. The van der Waals surface area contributed by atoms with Gasteiger partial charge in [-0.25, -0.2) is 0 Å².